The van der Waals surface area contributed by atoms with Gasteiger partial charge in [0.1, 0.15) is 11.6 Å². The number of piperazine rings is 1. The summed E-state index contributed by atoms with van der Waals surface area (Å²) in [6.07, 6.45) is 2.26. The van der Waals surface area contributed by atoms with E-state index in [1.165, 1.54) is 12.1 Å². The van der Waals surface area contributed by atoms with Gasteiger partial charge < -0.3 is 15.1 Å². The van der Waals surface area contributed by atoms with Crippen LogP contribution in [0.5, 0.6) is 0 Å². The molecule has 1 aliphatic heterocycles. The molecule has 6 nitrogen and oxygen atoms in total. The molecule has 2 aromatic rings. The molecule has 1 saturated heterocycles. The second-order valence-electron chi connectivity index (χ2n) is 6.53. The molecule has 7 heteroatoms. The maximum absolute atomic E-state index is 12.9. The Morgan fingerprint density at radius 2 is 1.81 bits per heavy atom. The summed E-state index contributed by atoms with van der Waals surface area (Å²) >= 11 is 0. The summed E-state index contributed by atoms with van der Waals surface area (Å²) in [5.41, 5.74) is 1.52. The van der Waals surface area contributed by atoms with E-state index in [1.54, 1.807) is 37.4 Å². The molecule has 0 unspecified atom stereocenters. The van der Waals surface area contributed by atoms with Crippen molar-refractivity contribution >= 4 is 17.6 Å². The first kappa shape index (κ1) is 18.8. The van der Waals surface area contributed by atoms with Gasteiger partial charge in [0.05, 0.1) is 0 Å². The quantitative estimate of drug-likeness (QED) is 0.873. The van der Waals surface area contributed by atoms with Gasteiger partial charge in [0.25, 0.3) is 5.91 Å². The highest BCUT2D eigenvalue weighted by atomic mass is 19.1. The second kappa shape index (κ2) is 8.62. The second-order valence-corrected chi connectivity index (χ2v) is 6.53. The molecule has 2 heterocycles. The number of carbonyl (C=O) groups excluding carboxylic acids is 2. The number of pyridine rings is 1. The van der Waals surface area contributed by atoms with Crippen LogP contribution in [0.15, 0.2) is 42.6 Å². The van der Waals surface area contributed by atoms with Crippen molar-refractivity contribution in [1.29, 1.82) is 0 Å². The van der Waals surface area contributed by atoms with Gasteiger partial charge in [0, 0.05) is 51.4 Å². The smallest absolute Gasteiger partial charge is 0.251 e. The van der Waals surface area contributed by atoms with Crippen LogP contribution in [0, 0.1) is 5.82 Å². The maximum Gasteiger partial charge on any atom is 0.251 e. The van der Waals surface area contributed by atoms with Crippen molar-refractivity contribution < 1.29 is 14.0 Å². The summed E-state index contributed by atoms with van der Waals surface area (Å²) in [6.45, 7) is 4.75. The summed E-state index contributed by atoms with van der Waals surface area (Å²) in [4.78, 5) is 32.1. The van der Waals surface area contributed by atoms with Crippen LogP contribution in [-0.4, -0.2) is 54.4 Å². The molecule has 2 amide bonds. The predicted molar refractivity (Wildman–Crippen MR) is 101 cm³/mol. The summed E-state index contributed by atoms with van der Waals surface area (Å²) in [7, 11) is 0. The van der Waals surface area contributed by atoms with Gasteiger partial charge in [-0.2, -0.15) is 0 Å². The summed E-state index contributed by atoms with van der Waals surface area (Å²) < 4.78 is 12.9. The highest BCUT2D eigenvalue weighted by Crippen LogP contribution is 2.15. The molecule has 1 aromatic carbocycles. The minimum Gasteiger partial charge on any atom is -0.353 e. The van der Waals surface area contributed by atoms with Gasteiger partial charge in [-0.25, -0.2) is 9.37 Å². The molecular weight excluding hydrogens is 347 g/mol. The van der Waals surface area contributed by atoms with E-state index in [-0.39, 0.29) is 17.6 Å². The largest absolute Gasteiger partial charge is 0.353 e. The third-order valence-electron chi connectivity index (χ3n) is 4.67. The zero-order valence-corrected chi connectivity index (χ0v) is 15.3. The standard InChI is InChI=1S/C20H23FN4O2/c1-15(26)24-10-12-25(13-11-24)19-14-17(7-9-22-19)20(27)23-8-6-16-2-4-18(21)5-3-16/h2-5,7,9,14H,6,8,10-13H2,1H3,(H,23,27). The van der Waals surface area contributed by atoms with Crippen LogP contribution in [0.25, 0.3) is 0 Å². The predicted octanol–water partition coefficient (Wildman–Crippen LogP) is 1.86. The van der Waals surface area contributed by atoms with Gasteiger partial charge in [-0.15, -0.1) is 0 Å². The Morgan fingerprint density at radius 1 is 1.11 bits per heavy atom. The van der Waals surface area contributed by atoms with Crippen molar-refractivity contribution in [3.8, 4) is 0 Å². The fraction of sp³-hybridized carbons (Fsp3) is 0.350. The Labute approximate surface area is 158 Å². The van der Waals surface area contributed by atoms with Crippen LogP contribution >= 0.6 is 0 Å². The lowest BCUT2D eigenvalue weighted by atomic mass is 10.1. The van der Waals surface area contributed by atoms with Gasteiger partial charge in [-0.05, 0) is 36.2 Å². The van der Waals surface area contributed by atoms with Crippen LogP contribution in [0.4, 0.5) is 10.2 Å². The molecule has 1 fully saturated rings. The zero-order chi connectivity index (χ0) is 19.2. The number of rotatable bonds is 5. The van der Waals surface area contributed by atoms with Crippen molar-refractivity contribution in [3.63, 3.8) is 0 Å². The normalized spacial score (nSPS) is 14.1. The number of carbonyl (C=O) groups is 2. The molecule has 3 rings (SSSR count). The fourth-order valence-corrected chi connectivity index (χ4v) is 3.06. The van der Waals surface area contributed by atoms with Crippen molar-refractivity contribution in [3.05, 3.63) is 59.5 Å². The SMILES string of the molecule is CC(=O)N1CCN(c2cc(C(=O)NCCc3ccc(F)cc3)ccn2)CC1. The molecule has 1 aliphatic rings. The van der Waals surface area contributed by atoms with E-state index < -0.39 is 0 Å². The number of amides is 2. The number of anilines is 1. The fourth-order valence-electron chi connectivity index (χ4n) is 3.06. The lowest BCUT2D eigenvalue weighted by molar-refractivity contribution is -0.129. The maximum atomic E-state index is 12.9. The molecule has 1 aromatic heterocycles. The number of hydrogen-bond acceptors (Lipinski definition) is 4. The Bertz CT molecular complexity index is 802. The van der Waals surface area contributed by atoms with Crippen molar-refractivity contribution in [2.24, 2.45) is 0 Å². The third-order valence-corrected chi connectivity index (χ3v) is 4.67. The Morgan fingerprint density at radius 3 is 2.48 bits per heavy atom. The van der Waals surface area contributed by atoms with E-state index in [0.29, 0.717) is 44.7 Å². The van der Waals surface area contributed by atoms with E-state index in [0.717, 1.165) is 11.4 Å². The average Bonchev–Trinajstić information content (AvgIpc) is 2.69. The number of halogens is 1. The molecule has 0 spiro atoms. The lowest BCUT2D eigenvalue weighted by Gasteiger charge is -2.35. The molecular formula is C20H23FN4O2. The van der Waals surface area contributed by atoms with E-state index in [2.05, 4.69) is 15.2 Å². The number of aromatic nitrogens is 1. The minimum absolute atomic E-state index is 0.0805. The monoisotopic (exact) mass is 370 g/mol. The van der Waals surface area contributed by atoms with Crippen LogP contribution in [0.1, 0.15) is 22.8 Å². The van der Waals surface area contributed by atoms with E-state index in [1.807, 2.05) is 4.90 Å². The summed E-state index contributed by atoms with van der Waals surface area (Å²) in [5, 5.41) is 2.88. The molecule has 0 aliphatic carbocycles. The van der Waals surface area contributed by atoms with E-state index in [9.17, 15) is 14.0 Å². The van der Waals surface area contributed by atoms with Crippen molar-refractivity contribution in [2.75, 3.05) is 37.6 Å². The van der Waals surface area contributed by atoms with Crippen molar-refractivity contribution in [1.82, 2.24) is 15.2 Å². The van der Waals surface area contributed by atoms with E-state index >= 15 is 0 Å². The number of nitrogens with one attached hydrogen (secondary N) is 1. The van der Waals surface area contributed by atoms with Gasteiger partial charge in [-0.3, -0.25) is 9.59 Å². The first-order valence-electron chi connectivity index (χ1n) is 9.02. The van der Waals surface area contributed by atoms with Crippen molar-refractivity contribution in [2.45, 2.75) is 13.3 Å². The Kier molecular flexibility index (Phi) is 6.01. The van der Waals surface area contributed by atoms with Crippen LogP contribution in [0.3, 0.4) is 0 Å². The first-order valence-corrected chi connectivity index (χ1v) is 9.02. The highest BCUT2D eigenvalue weighted by molar-refractivity contribution is 5.94. The number of nitrogens with zero attached hydrogens (tertiary/aromatic N) is 3. The molecule has 1 N–H and O–H groups in total. The summed E-state index contributed by atoms with van der Waals surface area (Å²) in [6, 6.07) is 9.72. The lowest BCUT2D eigenvalue weighted by Crippen LogP contribution is -2.48. The van der Waals surface area contributed by atoms with Gasteiger partial charge in [0.2, 0.25) is 5.91 Å². The van der Waals surface area contributed by atoms with E-state index in [4.69, 9.17) is 0 Å². The van der Waals surface area contributed by atoms with Crippen LogP contribution < -0.4 is 10.2 Å². The first-order chi connectivity index (χ1) is 13.0. The van der Waals surface area contributed by atoms with Crippen LogP contribution in [-0.2, 0) is 11.2 Å². The number of hydrogen-bond donors (Lipinski definition) is 1. The third kappa shape index (κ3) is 5.03. The zero-order valence-electron chi connectivity index (χ0n) is 15.3. The Balaban J connectivity index is 1.54. The highest BCUT2D eigenvalue weighted by Gasteiger charge is 2.20. The molecule has 0 radical (unpaired) electrons. The summed E-state index contributed by atoms with van der Waals surface area (Å²) in [5.74, 6) is 0.389. The topological polar surface area (TPSA) is 65.5 Å². The van der Waals surface area contributed by atoms with Gasteiger partial charge in [-0.1, -0.05) is 12.1 Å². The molecule has 0 bridgehead atoms. The average molecular weight is 370 g/mol. The van der Waals surface area contributed by atoms with Crippen LogP contribution in [0.2, 0.25) is 0 Å². The molecule has 142 valence electrons. The molecule has 0 saturated carbocycles. The number of benzene rings is 1. The minimum atomic E-state index is -0.267. The Hall–Kier alpha value is -2.96. The van der Waals surface area contributed by atoms with Gasteiger partial charge >= 0.3 is 0 Å². The molecule has 0 atom stereocenters. The molecule has 27 heavy (non-hydrogen) atoms. The van der Waals surface area contributed by atoms with Gasteiger partial charge in [0.15, 0.2) is 0 Å².